The highest BCUT2D eigenvalue weighted by atomic mass is 16.5. The minimum Gasteiger partial charge on any atom is -0.495 e. The van der Waals surface area contributed by atoms with E-state index in [-0.39, 0.29) is 0 Å². The Hall–Kier alpha value is -2.76. The summed E-state index contributed by atoms with van der Waals surface area (Å²) in [5.74, 6) is 1.15. The molecule has 1 heterocycles. The molecule has 0 saturated heterocycles. The SMILES string of the molecule is COc1cc(-n2nc3ccc(C)cc3n2)c(OC)cc1N. The van der Waals surface area contributed by atoms with E-state index in [1.54, 1.807) is 26.4 Å². The molecule has 0 bridgehead atoms. The summed E-state index contributed by atoms with van der Waals surface area (Å²) in [6.45, 7) is 2.02. The fourth-order valence-electron chi connectivity index (χ4n) is 2.19. The van der Waals surface area contributed by atoms with Crippen LogP contribution >= 0.6 is 0 Å². The summed E-state index contributed by atoms with van der Waals surface area (Å²) in [6.07, 6.45) is 0. The summed E-state index contributed by atoms with van der Waals surface area (Å²) in [4.78, 5) is 1.53. The topological polar surface area (TPSA) is 75.2 Å². The number of nitrogen functional groups attached to an aromatic ring is 1. The van der Waals surface area contributed by atoms with Crippen LogP contribution in [0.4, 0.5) is 5.69 Å². The van der Waals surface area contributed by atoms with E-state index in [0.29, 0.717) is 22.9 Å². The van der Waals surface area contributed by atoms with Gasteiger partial charge in [0.2, 0.25) is 0 Å². The van der Waals surface area contributed by atoms with Crippen LogP contribution in [0.25, 0.3) is 16.7 Å². The maximum absolute atomic E-state index is 5.89. The van der Waals surface area contributed by atoms with Crippen LogP contribution in [-0.4, -0.2) is 29.2 Å². The lowest BCUT2D eigenvalue weighted by Crippen LogP contribution is -2.04. The standard InChI is InChI=1S/C15H16N4O2/c1-9-4-5-11-12(6-9)18-19(17-11)13-8-14(20-2)10(16)7-15(13)21-3/h4-8H,16H2,1-3H3. The summed E-state index contributed by atoms with van der Waals surface area (Å²) in [7, 11) is 3.15. The molecular formula is C15H16N4O2. The van der Waals surface area contributed by atoms with Crippen LogP contribution in [0.3, 0.4) is 0 Å². The van der Waals surface area contributed by atoms with E-state index in [0.717, 1.165) is 16.6 Å². The van der Waals surface area contributed by atoms with Crippen molar-refractivity contribution >= 4 is 16.7 Å². The van der Waals surface area contributed by atoms with Gasteiger partial charge in [-0.3, -0.25) is 0 Å². The zero-order chi connectivity index (χ0) is 15.0. The first-order valence-electron chi connectivity index (χ1n) is 6.48. The van der Waals surface area contributed by atoms with Crippen LogP contribution in [0.15, 0.2) is 30.3 Å². The second-order valence-electron chi connectivity index (χ2n) is 4.75. The number of rotatable bonds is 3. The van der Waals surface area contributed by atoms with Crippen molar-refractivity contribution in [2.45, 2.75) is 6.92 Å². The number of fused-ring (bicyclic) bond motifs is 1. The molecule has 0 unspecified atom stereocenters. The molecule has 0 atom stereocenters. The fourth-order valence-corrected chi connectivity index (χ4v) is 2.19. The minimum absolute atomic E-state index is 0.505. The predicted molar refractivity (Wildman–Crippen MR) is 81.1 cm³/mol. The van der Waals surface area contributed by atoms with Crippen molar-refractivity contribution in [1.82, 2.24) is 15.0 Å². The number of methoxy groups -OCH3 is 2. The second kappa shape index (κ2) is 4.97. The first kappa shape index (κ1) is 13.2. The first-order chi connectivity index (χ1) is 10.1. The number of hydrogen-bond acceptors (Lipinski definition) is 5. The minimum atomic E-state index is 0.505. The smallest absolute Gasteiger partial charge is 0.148 e. The molecule has 0 amide bonds. The van der Waals surface area contributed by atoms with Gasteiger partial charge in [-0.1, -0.05) is 6.07 Å². The Morgan fingerprint density at radius 3 is 2.38 bits per heavy atom. The summed E-state index contributed by atoms with van der Waals surface area (Å²) in [6, 6.07) is 9.39. The third-order valence-electron chi connectivity index (χ3n) is 3.28. The van der Waals surface area contributed by atoms with Crippen LogP contribution < -0.4 is 15.2 Å². The third kappa shape index (κ3) is 2.24. The fraction of sp³-hybridized carbons (Fsp3) is 0.200. The maximum atomic E-state index is 5.89. The maximum Gasteiger partial charge on any atom is 0.148 e. The molecule has 6 nitrogen and oxygen atoms in total. The van der Waals surface area contributed by atoms with Gasteiger partial charge in [0.15, 0.2) is 0 Å². The summed E-state index contributed by atoms with van der Waals surface area (Å²) in [5.41, 5.74) is 9.86. The van der Waals surface area contributed by atoms with Crippen molar-refractivity contribution in [3.63, 3.8) is 0 Å². The molecule has 0 aliphatic rings. The number of benzene rings is 2. The van der Waals surface area contributed by atoms with Crippen molar-refractivity contribution in [2.75, 3.05) is 20.0 Å². The summed E-state index contributed by atoms with van der Waals surface area (Å²) in [5, 5.41) is 8.95. The molecule has 0 radical (unpaired) electrons. The number of aryl methyl sites for hydroxylation is 1. The molecule has 6 heteroatoms. The molecule has 1 aromatic heterocycles. The van der Waals surface area contributed by atoms with E-state index in [4.69, 9.17) is 15.2 Å². The van der Waals surface area contributed by atoms with E-state index < -0.39 is 0 Å². The lowest BCUT2D eigenvalue weighted by Gasteiger charge is -2.11. The van der Waals surface area contributed by atoms with Gasteiger partial charge < -0.3 is 15.2 Å². The average molecular weight is 284 g/mol. The second-order valence-corrected chi connectivity index (χ2v) is 4.75. The monoisotopic (exact) mass is 284 g/mol. The van der Waals surface area contributed by atoms with Gasteiger partial charge in [0.1, 0.15) is 28.2 Å². The van der Waals surface area contributed by atoms with Gasteiger partial charge in [0.05, 0.1) is 19.9 Å². The van der Waals surface area contributed by atoms with Crippen molar-refractivity contribution in [3.8, 4) is 17.2 Å². The van der Waals surface area contributed by atoms with Gasteiger partial charge in [0.25, 0.3) is 0 Å². The molecule has 0 aliphatic carbocycles. The normalized spacial score (nSPS) is 10.8. The highest BCUT2D eigenvalue weighted by molar-refractivity contribution is 5.75. The average Bonchev–Trinajstić information content (AvgIpc) is 2.89. The Labute approximate surface area is 122 Å². The highest BCUT2D eigenvalue weighted by Crippen LogP contribution is 2.33. The molecular weight excluding hydrogens is 268 g/mol. The van der Waals surface area contributed by atoms with Crippen LogP contribution in [0, 0.1) is 6.92 Å². The molecule has 0 saturated carbocycles. The summed E-state index contributed by atoms with van der Waals surface area (Å²) < 4.78 is 10.6. The Morgan fingerprint density at radius 2 is 1.67 bits per heavy atom. The molecule has 0 aliphatic heterocycles. The Kier molecular flexibility index (Phi) is 3.13. The van der Waals surface area contributed by atoms with E-state index >= 15 is 0 Å². The number of nitrogens with two attached hydrogens (primary N) is 1. The van der Waals surface area contributed by atoms with Gasteiger partial charge in [0, 0.05) is 12.1 Å². The highest BCUT2D eigenvalue weighted by Gasteiger charge is 2.14. The van der Waals surface area contributed by atoms with E-state index in [1.807, 2.05) is 25.1 Å². The Balaban J connectivity index is 2.21. The van der Waals surface area contributed by atoms with E-state index in [9.17, 15) is 0 Å². The molecule has 21 heavy (non-hydrogen) atoms. The molecule has 3 aromatic rings. The Bertz CT molecular complexity index is 811. The summed E-state index contributed by atoms with van der Waals surface area (Å²) >= 11 is 0. The van der Waals surface area contributed by atoms with Gasteiger partial charge in [-0.25, -0.2) is 0 Å². The number of hydrogen-bond donors (Lipinski definition) is 1. The van der Waals surface area contributed by atoms with Gasteiger partial charge in [-0.05, 0) is 24.6 Å². The number of aromatic nitrogens is 3. The van der Waals surface area contributed by atoms with Crippen LogP contribution in [-0.2, 0) is 0 Å². The van der Waals surface area contributed by atoms with Crippen molar-refractivity contribution < 1.29 is 9.47 Å². The predicted octanol–water partition coefficient (Wildman–Crippen LogP) is 2.33. The van der Waals surface area contributed by atoms with Gasteiger partial charge >= 0.3 is 0 Å². The molecule has 3 rings (SSSR count). The molecule has 2 N–H and O–H groups in total. The third-order valence-corrected chi connectivity index (χ3v) is 3.28. The number of anilines is 1. The van der Waals surface area contributed by atoms with Gasteiger partial charge in [-0.2, -0.15) is 0 Å². The lowest BCUT2D eigenvalue weighted by molar-refractivity contribution is 0.401. The molecule has 108 valence electrons. The largest absolute Gasteiger partial charge is 0.495 e. The molecule has 0 fully saturated rings. The quantitative estimate of drug-likeness (QED) is 0.747. The molecule has 2 aromatic carbocycles. The van der Waals surface area contributed by atoms with E-state index in [1.165, 1.54) is 4.80 Å². The van der Waals surface area contributed by atoms with Crippen LogP contribution in [0.2, 0.25) is 0 Å². The Morgan fingerprint density at radius 1 is 0.952 bits per heavy atom. The zero-order valence-corrected chi connectivity index (χ0v) is 12.1. The zero-order valence-electron chi connectivity index (χ0n) is 12.1. The van der Waals surface area contributed by atoms with Gasteiger partial charge in [-0.15, -0.1) is 15.0 Å². The first-order valence-corrected chi connectivity index (χ1v) is 6.48. The van der Waals surface area contributed by atoms with Crippen molar-refractivity contribution in [2.24, 2.45) is 0 Å². The van der Waals surface area contributed by atoms with Crippen molar-refractivity contribution in [3.05, 3.63) is 35.9 Å². The number of nitrogens with zero attached hydrogens (tertiary/aromatic N) is 3. The molecule has 0 spiro atoms. The van der Waals surface area contributed by atoms with E-state index in [2.05, 4.69) is 10.2 Å². The van der Waals surface area contributed by atoms with Crippen LogP contribution in [0.1, 0.15) is 5.56 Å². The number of ether oxygens (including phenoxy) is 2. The van der Waals surface area contributed by atoms with Crippen LogP contribution in [0.5, 0.6) is 11.5 Å². The van der Waals surface area contributed by atoms with Crippen molar-refractivity contribution in [1.29, 1.82) is 0 Å². The lowest BCUT2D eigenvalue weighted by atomic mass is 10.2.